The van der Waals surface area contributed by atoms with Crippen molar-refractivity contribution in [1.29, 1.82) is 0 Å². The summed E-state index contributed by atoms with van der Waals surface area (Å²) < 4.78 is 14.0. The number of aliphatic imine (C=N–C) groups is 1. The molecule has 0 atom stereocenters. The largest absolute Gasteiger partial charge is 0.271 e. The van der Waals surface area contributed by atoms with E-state index in [-0.39, 0.29) is 11.7 Å². The second kappa shape index (κ2) is 7.60. The standard InChI is InChI=1S/C22H15FN2OS/c23-19-14-8-7-9-16(19)15-20-21(26)25(18-12-5-2-6-13-18)22(27-20)24-17-10-3-1-4-11-17/h1-15H/b20-15+,24-22?. The van der Waals surface area contributed by atoms with Crippen LogP contribution in [-0.4, -0.2) is 11.1 Å². The molecule has 1 heterocycles. The van der Waals surface area contributed by atoms with Gasteiger partial charge >= 0.3 is 0 Å². The monoisotopic (exact) mass is 374 g/mol. The fourth-order valence-electron chi connectivity index (χ4n) is 2.70. The number of halogens is 1. The van der Waals surface area contributed by atoms with Gasteiger partial charge < -0.3 is 0 Å². The van der Waals surface area contributed by atoms with E-state index in [1.807, 2.05) is 60.7 Å². The van der Waals surface area contributed by atoms with Gasteiger partial charge in [-0.3, -0.25) is 9.69 Å². The van der Waals surface area contributed by atoms with Crippen LogP contribution in [0.5, 0.6) is 0 Å². The molecule has 0 aromatic heterocycles. The van der Waals surface area contributed by atoms with E-state index in [4.69, 9.17) is 0 Å². The maximum absolute atomic E-state index is 14.0. The number of para-hydroxylation sites is 2. The summed E-state index contributed by atoms with van der Waals surface area (Å²) in [7, 11) is 0. The molecule has 27 heavy (non-hydrogen) atoms. The molecule has 1 saturated heterocycles. The van der Waals surface area contributed by atoms with E-state index in [1.165, 1.54) is 17.8 Å². The Balaban J connectivity index is 1.79. The third-order valence-electron chi connectivity index (χ3n) is 3.99. The van der Waals surface area contributed by atoms with Crippen molar-refractivity contribution in [3.63, 3.8) is 0 Å². The van der Waals surface area contributed by atoms with Gasteiger partial charge in [0.15, 0.2) is 5.17 Å². The summed E-state index contributed by atoms with van der Waals surface area (Å²) in [5, 5.41) is 0.542. The van der Waals surface area contributed by atoms with Crippen LogP contribution in [0.15, 0.2) is 94.8 Å². The summed E-state index contributed by atoms with van der Waals surface area (Å²) in [6.45, 7) is 0. The zero-order valence-corrected chi connectivity index (χ0v) is 15.1. The molecule has 4 rings (SSSR count). The van der Waals surface area contributed by atoms with Crippen LogP contribution in [0, 0.1) is 5.82 Å². The third-order valence-corrected chi connectivity index (χ3v) is 4.96. The van der Waals surface area contributed by atoms with Crippen LogP contribution in [0.4, 0.5) is 15.8 Å². The molecule has 0 N–H and O–H groups in total. The highest BCUT2D eigenvalue weighted by atomic mass is 32.2. The molecule has 3 nitrogen and oxygen atoms in total. The molecule has 5 heteroatoms. The molecule has 1 aliphatic rings. The molecule has 0 aliphatic carbocycles. The van der Waals surface area contributed by atoms with Gasteiger partial charge in [-0.1, -0.05) is 54.6 Å². The van der Waals surface area contributed by atoms with E-state index >= 15 is 0 Å². The predicted molar refractivity (Wildman–Crippen MR) is 109 cm³/mol. The molecule has 0 saturated carbocycles. The molecule has 3 aromatic carbocycles. The summed E-state index contributed by atoms with van der Waals surface area (Å²) in [6.07, 6.45) is 1.58. The van der Waals surface area contributed by atoms with Gasteiger partial charge in [-0.05, 0) is 48.2 Å². The summed E-state index contributed by atoms with van der Waals surface area (Å²) in [5.74, 6) is -0.581. The van der Waals surface area contributed by atoms with Crippen LogP contribution in [0.2, 0.25) is 0 Å². The van der Waals surface area contributed by atoms with Crippen LogP contribution in [-0.2, 0) is 4.79 Å². The first-order chi connectivity index (χ1) is 13.2. The Kier molecular flexibility index (Phi) is 4.85. The van der Waals surface area contributed by atoms with Crippen LogP contribution in [0.1, 0.15) is 5.56 Å². The topological polar surface area (TPSA) is 32.7 Å². The average Bonchev–Trinajstić information content (AvgIpc) is 3.00. The van der Waals surface area contributed by atoms with Gasteiger partial charge in [-0.25, -0.2) is 9.38 Å². The quantitative estimate of drug-likeness (QED) is 0.556. The summed E-state index contributed by atoms with van der Waals surface area (Å²) in [5.41, 5.74) is 1.85. The first-order valence-corrected chi connectivity index (χ1v) is 9.21. The number of rotatable bonds is 3. The molecular formula is C22H15FN2OS. The first kappa shape index (κ1) is 17.2. The molecule has 132 valence electrons. The lowest BCUT2D eigenvalue weighted by Gasteiger charge is -2.15. The number of thioether (sulfide) groups is 1. The zero-order chi connectivity index (χ0) is 18.6. The number of nitrogens with zero attached hydrogens (tertiary/aromatic N) is 2. The van der Waals surface area contributed by atoms with Crippen molar-refractivity contribution in [2.75, 3.05) is 4.90 Å². The van der Waals surface area contributed by atoms with Crippen LogP contribution < -0.4 is 4.90 Å². The van der Waals surface area contributed by atoms with Gasteiger partial charge in [0.2, 0.25) is 0 Å². The Bertz CT molecular complexity index is 1030. The van der Waals surface area contributed by atoms with Crippen molar-refractivity contribution in [1.82, 2.24) is 0 Å². The lowest BCUT2D eigenvalue weighted by Crippen LogP contribution is -2.28. The van der Waals surface area contributed by atoms with Crippen molar-refractivity contribution in [3.05, 3.63) is 101 Å². The van der Waals surface area contributed by atoms with Gasteiger partial charge in [0.1, 0.15) is 5.82 Å². The number of benzene rings is 3. The minimum Gasteiger partial charge on any atom is -0.268 e. The molecule has 3 aromatic rings. The lowest BCUT2D eigenvalue weighted by atomic mass is 10.2. The predicted octanol–water partition coefficient (Wildman–Crippen LogP) is 5.63. The van der Waals surface area contributed by atoms with E-state index in [0.29, 0.717) is 15.6 Å². The SMILES string of the molecule is O=C1/C(=C\c2ccccc2F)SC(=Nc2ccccc2)N1c1ccccc1. The summed E-state index contributed by atoms with van der Waals surface area (Å²) in [4.78, 5) is 19.7. The van der Waals surface area contributed by atoms with E-state index < -0.39 is 0 Å². The van der Waals surface area contributed by atoms with Gasteiger partial charge in [-0.2, -0.15) is 0 Å². The molecule has 1 amide bonds. The Morgan fingerprint density at radius 2 is 1.48 bits per heavy atom. The Hall–Kier alpha value is -3.18. The Morgan fingerprint density at radius 1 is 0.852 bits per heavy atom. The number of hydrogen-bond donors (Lipinski definition) is 0. The fraction of sp³-hybridized carbons (Fsp3) is 0. The zero-order valence-electron chi connectivity index (χ0n) is 14.2. The normalized spacial score (nSPS) is 17.1. The third kappa shape index (κ3) is 3.68. The number of amides is 1. The Morgan fingerprint density at radius 3 is 2.19 bits per heavy atom. The highest BCUT2D eigenvalue weighted by Crippen LogP contribution is 2.37. The van der Waals surface area contributed by atoms with Gasteiger partial charge in [0.25, 0.3) is 5.91 Å². The van der Waals surface area contributed by atoms with Crippen LogP contribution in [0.25, 0.3) is 6.08 Å². The van der Waals surface area contributed by atoms with Crippen molar-refractivity contribution < 1.29 is 9.18 Å². The van der Waals surface area contributed by atoms with E-state index in [2.05, 4.69) is 4.99 Å². The van der Waals surface area contributed by atoms with Crippen LogP contribution in [0.3, 0.4) is 0 Å². The second-order valence-corrected chi connectivity index (χ2v) is 6.85. The van der Waals surface area contributed by atoms with Gasteiger partial charge in [-0.15, -0.1) is 0 Å². The maximum Gasteiger partial charge on any atom is 0.271 e. The number of carbonyl (C=O) groups excluding carboxylic acids is 1. The molecule has 0 bridgehead atoms. The highest BCUT2D eigenvalue weighted by molar-refractivity contribution is 8.19. The second-order valence-electron chi connectivity index (χ2n) is 5.84. The van der Waals surface area contributed by atoms with E-state index in [0.717, 1.165) is 11.4 Å². The summed E-state index contributed by atoms with van der Waals surface area (Å²) >= 11 is 1.24. The molecule has 1 aliphatic heterocycles. The van der Waals surface area contributed by atoms with E-state index in [1.54, 1.807) is 29.2 Å². The van der Waals surface area contributed by atoms with Crippen LogP contribution >= 0.6 is 11.8 Å². The molecule has 1 fully saturated rings. The Labute approximate surface area is 160 Å². The molecule has 0 radical (unpaired) electrons. The minimum atomic E-state index is -0.363. The van der Waals surface area contributed by atoms with Gasteiger partial charge in [0.05, 0.1) is 16.3 Å². The average molecular weight is 374 g/mol. The number of hydrogen-bond acceptors (Lipinski definition) is 3. The smallest absolute Gasteiger partial charge is 0.268 e. The van der Waals surface area contributed by atoms with Crippen molar-refractivity contribution in [2.24, 2.45) is 4.99 Å². The molecule has 0 unspecified atom stereocenters. The van der Waals surface area contributed by atoms with Crippen molar-refractivity contribution in [2.45, 2.75) is 0 Å². The molecular weight excluding hydrogens is 359 g/mol. The maximum atomic E-state index is 14.0. The van der Waals surface area contributed by atoms with Crippen molar-refractivity contribution >= 4 is 40.3 Å². The van der Waals surface area contributed by atoms with E-state index in [9.17, 15) is 9.18 Å². The fourth-order valence-corrected chi connectivity index (χ4v) is 3.69. The van der Waals surface area contributed by atoms with Gasteiger partial charge in [0, 0.05) is 5.56 Å². The molecule has 0 spiro atoms. The van der Waals surface area contributed by atoms with Crippen molar-refractivity contribution in [3.8, 4) is 0 Å². The lowest BCUT2D eigenvalue weighted by molar-refractivity contribution is -0.113. The minimum absolute atomic E-state index is 0.218. The first-order valence-electron chi connectivity index (χ1n) is 8.40. The number of amidine groups is 1. The summed E-state index contributed by atoms with van der Waals surface area (Å²) in [6, 6.07) is 25.2. The highest BCUT2D eigenvalue weighted by Gasteiger charge is 2.34. The number of carbonyl (C=O) groups is 1. The number of anilines is 1.